The summed E-state index contributed by atoms with van der Waals surface area (Å²) in [6, 6.07) is 7.87. The number of aromatic amines is 1. The Bertz CT molecular complexity index is 766. The number of nitrogens with zero attached hydrogens (tertiary/aromatic N) is 2. The van der Waals surface area contributed by atoms with Crippen molar-refractivity contribution in [2.45, 2.75) is 13.3 Å². The molecule has 0 atom stereocenters. The summed E-state index contributed by atoms with van der Waals surface area (Å²) >= 11 is 0. The summed E-state index contributed by atoms with van der Waals surface area (Å²) < 4.78 is 0. The van der Waals surface area contributed by atoms with Gasteiger partial charge in [-0.25, -0.2) is 4.99 Å². The first kappa shape index (κ1) is 17.4. The number of carbonyl (C=O) groups excluding carboxylic acids is 3. The van der Waals surface area contributed by atoms with Crippen LogP contribution in [0.5, 0.6) is 0 Å². The third-order valence-corrected chi connectivity index (χ3v) is 3.67. The summed E-state index contributed by atoms with van der Waals surface area (Å²) in [5.41, 5.74) is 2.08. The van der Waals surface area contributed by atoms with Gasteiger partial charge in [-0.15, -0.1) is 0 Å². The smallest absolute Gasteiger partial charge is 0.264 e. The van der Waals surface area contributed by atoms with E-state index in [1.807, 2.05) is 30.5 Å². The number of carbonyl (C=O) groups is 3. The fraction of sp³-hybridized carbons (Fsp3) is 0.294. The molecule has 1 aromatic carbocycles. The summed E-state index contributed by atoms with van der Waals surface area (Å²) in [4.78, 5) is 42.6. The minimum atomic E-state index is -0.481. The Morgan fingerprint density at radius 3 is 2.75 bits per heavy atom. The molecule has 0 aliphatic heterocycles. The number of H-pyrrole nitrogens is 1. The molecule has 0 saturated heterocycles. The van der Waals surface area contributed by atoms with E-state index in [9.17, 15) is 14.4 Å². The fourth-order valence-corrected chi connectivity index (χ4v) is 2.41. The summed E-state index contributed by atoms with van der Waals surface area (Å²) in [7, 11) is 0. The SMILES string of the molecule is C=NC(=O)CN(CCc1c[nH]c2ccccc12)C(=O)CNC(C)=O. The lowest BCUT2D eigenvalue weighted by atomic mass is 10.1. The molecule has 2 aromatic rings. The first-order valence-corrected chi connectivity index (χ1v) is 7.58. The zero-order valence-corrected chi connectivity index (χ0v) is 13.5. The van der Waals surface area contributed by atoms with Crippen molar-refractivity contribution in [3.8, 4) is 0 Å². The van der Waals surface area contributed by atoms with Gasteiger partial charge >= 0.3 is 0 Å². The number of nitrogens with one attached hydrogen (secondary N) is 2. The second kappa shape index (κ2) is 8.05. The van der Waals surface area contributed by atoms with Crippen LogP contribution in [0, 0.1) is 0 Å². The molecule has 7 heteroatoms. The molecule has 126 valence electrons. The molecule has 0 radical (unpaired) electrons. The van der Waals surface area contributed by atoms with Crippen LogP contribution in [-0.2, 0) is 20.8 Å². The van der Waals surface area contributed by atoms with E-state index in [0.29, 0.717) is 13.0 Å². The van der Waals surface area contributed by atoms with Crippen molar-refractivity contribution < 1.29 is 14.4 Å². The second-order valence-electron chi connectivity index (χ2n) is 5.39. The molecule has 2 N–H and O–H groups in total. The van der Waals surface area contributed by atoms with Crippen LogP contribution >= 0.6 is 0 Å². The first-order chi connectivity index (χ1) is 11.5. The van der Waals surface area contributed by atoms with E-state index in [1.54, 1.807) is 0 Å². The fourth-order valence-electron chi connectivity index (χ4n) is 2.41. The van der Waals surface area contributed by atoms with Crippen molar-refractivity contribution in [2.75, 3.05) is 19.6 Å². The van der Waals surface area contributed by atoms with Crippen LogP contribution in [0.2, 0.25) is 0 Å². The highest BCUT2D eigenvalue weighted by Crippen LogP contribution is 2.18. The zero-order valence-electron chi connectivity index (χ0n) is 13.5. The highest BCUT2D eigenvalue weighted by Gasteiger charge is 2.17. The average molecular weight is 328 g/mol. The van der Waals surface area contributed by atoms with Gasteiger partial charge in [0.2, 0.25) is 11.8 Å². The van der Waals surface area contributed by atoms with Gasteiger partial charge in [0.25, 0.3) is 5.91 Å². The lowest BCUT2D eigenvalue weighted by Gasteiger charge is -2.21. The molecule has 0 aliphatic carbocycles. The molecule has 0 bridgehead atoms. The van der Waals surface area contributed by atoms with E-state index < -0.39 is 5.91 Å². The van der Waals surface area contributed by atoms with Gasteiger partial charge in [-0.3, -0.25) is 14.4 Å². The molecule has 0 saturated carbocycles. The maximum atomic E-state index is 12.2. The minimum Gasteiger partial charge on any atom is -0.361 e. The minimum absolute atomic E-state index is 0.145. The van der Waals surface area contributed by atoms with E-state index in [1.165, 1.54) is 11.8 Å². The van der Waals surface area contributed by atoms with E-state index in [0.717, 1.165) is 16.5 Å². The van der Waals surface area contributed by atoms with Crippen molar-refractivity contribution >= 4 is 35.3 Å². The Hall–Kier alpha value is -2.96. The van der Waals surface area contributed by atoms with Gasteiger partial charge in [0.15, 0.2) is 0 Å². The number of rotatable bonds is 7. The molecule has 0 spiro atoms. The number of aromatic nitrogens is 1. The number of amides is 3. The number of fused-ring (bicyclic) bond motifs is 1. The Labute approximate surface area is 139 Å². The highest BCUT2D eigenvalue weighted by molar-refractivity contribution is 5.89. The average Bonchev–Trinajstić information content (AvgIpc) is 2.99. The van der Waals surface area contributed by atoms with Crippen LogP contribution in [0.15, 0.2) is 35.5 Å². The number of benzene rings is 1. The molecule has 1 heterocycles. The summed E-state index contributed by atoms with van der Waals surface area (Å²) in [6.07, 6.45) is 2.48. The van der Waals surface area contributed by atoms with E-state index in [-0.39, 0.29) is 24.9 Å². The predicted octanol–water partition coefficient (Wildman–Crippen LogP) is 0.902. The topological polar surface area (TPSA) is 94.6 Å². The lowest BCUT2D eigenvalue weighted by Crippen LogP contribution is -2.42. The van der Waals surface area contributed by atoms with Crippen LogP contribution in [0.4, 0.5) is 0 Å². The second-order valence-corrected chi connectivity index (χ2v) is 5.39. The summed E-state index contributed by atoms with van der Waals surface area (Å²) in [6.45, 7) is 4.57. The molecule has 1 aromatic heterocycles. The lowest BCUT2D eigenvalue weighted by molar-refractivity contribution is -0.135. The van der Waals surface area contributed by atoms with Gasteiger partial charge in [0.05, 0.1) is 6.54 Å². The first-order valence-electron chi connectivity index (χ1n) is 7.58. The Morgan fingerprint density at radius 2 is 2.04 bits per heavy atom. The third kappa shape index (κ3) is 4.52. The monoisotopic (exact) mass is 328 g/mol. The van der Waals surface area contributed by atoms with Crippen LogP contribution in [0.1, 0.15) is 12.5 Å². The van der Waals surface area contributed by atoms with Gasteiger partial charge in [-0.2, -0.15) is 0 Å². The van der Waals surface area contributed by atoms with Crippen LogP contribution in [0.3, 0.4) is 0 Å². The number of hydrogen-bond acceptors (Lipinski definition) is 3. The molecule has 0 aliphatic rings. The Balaban J connectivity index is 2.06. The number of aliphatic imine (C=N–C) groups is 1. The maximum absolute atomic E-state index is 12.2. The molecule has 2 rings (SSSR count). The molecular formula is C17H20N4O3. The van der Waals surface area contributed by atoms with Crippen molar-refractivity contribution in [1.29, 1.82) is 0 Å². The Morgan fingerprint density at radius 1 is 1.29 bits per heavy atom. The van der Waals surface area contributed by atoms with Crippen molar-refractivity contribution in [3.05, 3.63) is 36.0 Å². The largest absolute Gasteiger partial charge is 0.361 e. The van der Waals surface area contributed by atoms with Gasteiger partial charge < -0.3 is 15.2 Å². The Kier molecular flexibility index (Phi) is 5.83. The van der Waals surface area contributed by atoms with E-state index in [2.05, 4.69) is 22.0 Å². The van der Waals surface area contributed by atoms with Crippen LogP contribution < -0.4 is 5.32 Å². The van der Waals surface area contributed by atoms with Gasteiger partial charge in [-0.05, 0) is 24.8 Å². The summed E-state index contributed by atoms with van der Waals surface area (Å²) in [5, 5.41) is 3.53. The molecule has 0 fully saturated rings. The molecule has 24 heavy (non-hydrogen) atoms. The van der Waals surface area contributed by atoms with E-state index >= 15 is 0 Å². The normalized spacial score (nSPS) is 10.4. The van der Waals surface area contributed by atoms with Crippen molar-refractivity contribution in [1.82, 2.24) is 15.2 Å². The van der Waals surface area contributed by atoms with Crippen LogP contribution in [0.25, 0.3) is 10.9 Å². The van der Waals surface area contributed by atoms with E-state index in [4.69, 9.17) is 0 Å². The highest BCUT2D eigenvalue weighted by atomic mass is 16.2. The van der Waals surface area contributed by atoms with Crippen molar-refractivity contribution in [3.63, 3.8) is 0 Å². The maximum Gasteiger partial charge on any atom is 0.264 e. The predicted molar refractivity (Wildman–Crippen MR) is 91.8 cm³/mol. The molecule has 0 unspecified atom stereocenters. The number of para-hydroxylation sites is 1. The standard InChI is InChI=1S/C17H20N4O3/c1-12(22)19-10-17(24)21(11-16(23)18-2)8-7-13-9-20-15-6-4-3-5-14(13)15/h3-6,9,20H,2,7-8,10-11H2,1H3,(H,19,22). The summed E-state index contributed by atoms with van der Waals surface area (Å²) in [5.74, 6) is -1.11. The van der Waals surface area contributed by atoms with Gasteiger partial charge in [-0.1, -0.05) is 18.2 Å². The molecule has 7 nitrogen and oxygen atoms in total. The van der Waals surface area contributed by atoms with Gasteiger partial charge in [0.1, 0.15) is 6.54 Å². The van der Waals surface area contributed by atoms with Crippen LogP contribution in [-0.4, -0.2) is 54.0 Å². The molecular weight excluding hydrogens is 308 g/mol. The van der Waals surface area contributed by atoms with Crippen molar-refractivity contribution in [2.24, 2.45) is 4.99 Å². The quantitative estimate of drug-likeness (QED) is 0.739. The van der Waals surface area contributed by atoms with Gasteiger partial charge in [0, 0.05) is 30.6 Å². The molecule has 3 amide bonds. The zero-order chi connectivity index (χ0) is 17.5. The number of hydrogen-bond donors (Lipinski definition) is 2. The third-order valence-electron chi connectivity index (χ3n) is 3.67.